The Morgan fingerprint density at radius 2 is 2.14 bits per heavy atom. The minimum absolute atomic E-state index is 0. The third kappa shape index (κ3) is 3.10. The molecule has 0 saturated heterocycles. The number of aliphatic hydroxyl groups is 1. The fourth-order valence-corrected chi connectivity index (χ4v) is 1.45. The molecule has 0 unspecified atom stereocenters. The molecule has 0 aliphatic rings. The summed E-state index contributed by atoms with van der Waals surface area (Å²) >= 11 is 5.76. The lowest BCUT2D eigenvalue weighted by Crippen LogP contribution is -2.14. The highest BCUT2D eigenvalue weighted by Crippen LogP contribution is 2.25. The second kappa shape index (κ2) is 6.19. The molecule has 0 amide bonds. The maximum absolute atomic E-state index is 13.2. The van der Waals surface area contributed by atoms with Gasteiger partial charge in [0, 0.05) is 23.2 Å². The molecule has 0 aliphatic carbocycles. The second-order valence-corrected chi connectivity index (χ2v) is 3.16. The van der Waals surface area contributed by atoms with E-state index < -0.39 is 11.9 Å². The predicted molar refractivity (Wildman–Crippen MR) is 57.3 cm³/mol. The normalized spacial score (nSPS) is 12.0. The summed E-state index contributed by atoms with van der Waals surface area (Å²) in [7, 11) is 0. The van der Waals surface area contributed by atoms with Crippen molar-refractivity contribution in [2.24, 2.45) is 5.73 Å². The van der Waals surface area contributed by atoms with Gasteiger partial charge in [-0.1, -0.05) is 17.7 Å². The number of hydrogen-bond acceptors (Lipinski definition) is 2. The monoisotopic (exact) mass is 239 g/mol. The summed E-state index contributed by atoms with van der Waals surface area (Å²) in [6.07, 6.45) is 0.306. The summed E-state index contributed by atoms with van der Waals surface area (Å²) in [4.78, 5) is 0. The van der Waals surface area contributed by atoms with E-state index in [4.69, 9.17) is 22.4 Å². The molecular weight excluding hydrogens is 228 g/mol. The Morgan fingerprint density at radius 3 is 2.64 bits per heavy atom. The first-order valence-electron chi connectivity index (χ1n) is 3.97. The highest BCUT2D eigenvalue weighted by Gasteiger charge is 2.13. The van der Waals surface area contributed by atoms with Crippen molar-refractivity contribution in [1.82, 2.24) is 0 Å². The van der Waals surface area contributed by atoms with Gasteiger partial charge in [-0.3, -0.25) is 0 Å². The number of halogens is 3. The van der Waals surface area contributed by atoms with Gasteiger partial charge in [0.1, 0.15) is 5.82 Å². The van der Waals surface area contributed by atoms with E-state index in [1.165, 1.54) is 12.1 Å². The van der Waals surface area contributed by atoms with Gasteiger partial charge < -0.3 is 10.8 Å². The van der Waals surface area contributed by atoms with Crippen molar-refractivity contribution < 1.29 is 9.50 Å². The summed E-state index contributed by atoms with van der Waals surface area (Å²) in [6, 6.07) is 3.86. The minimum Gasteiger partial charge on any atom is -0.396 e. The van der Waals surface area contributed by atoms with Crippen LogP contribution in [0.4, 0.5) is 4.39 Å². The molecule has 0 aliphatic heterocycles. The van der Waals surface area contributed by atoms with Gasteiger partial charge in [0.25, 0.3) is 0 Å². The van der Waals surface area contributed by atoms with E-state index in [0.717, 1.165) is 0 Å². The summed E-state index contributed by atoms with van der Waals surface area (Å²) in [5.41, 5.74) is 5.90. The zero-order valence-corrected chi connectivity index (χ0v) is 8.98. The first-order valence-corrected chi connectivity index (χ1v) is 4.35. The van der Waals surface area contributed by atoms with Gasteiger partial charge in [0.15, 0.2) is 0 Å². The summed E-state index contributed by atoms with van der Waals surface area (Å²) in [5, 5.41) is 8.94. The maximum Gasteiger partial charge on any atom is 0.129 e. The summed E-state index contributed by atoms with van der Waals surface area (Å²) in [6.45, 7) is -0.0775. The predicted octanol–water partition coefficient (Wildman–Crippen LogP) is 2.28. The lowest BCUT2D eigenvalue weighted by molar-refractivity contribution is 0.275. The van der Waals surface area contributed by atoms with E-state index in [2.05, 4.69) is 0 Å². The molecule has 0 heterocycles. The van der Waals surface area contributed by atoms with Crippen LogP contribution in [0.15, 0.2) is 18.2 Å². The van der Waals surface area contributed by atoms with Crippen LogP contribution in [0.25, 0.3) is 0 Å². The van der Waals surface area contributed by atoms with Gasteiger partial charge in [0.2, 0.25) is 0 Å². The van der Waals surface area contributed by atoms with Gasteiger partial charge in [-0.05, 0) is 18.6 Å². The molecule has 14 heavy (non-hydrogen) atoms. The zero-order valence-electron chi connectivity index (χ0n) is 7.41. The Bertz CT molecular complexity index is 276. The van der Waals surface area contributed by atoms with Crippen molar-refractivity contribution in [1.29, 1.82) is 0 Å². The molecular formula is C9H12Cl2FNO. The van der Waals surface area contributed by atoms with Crippen LogP contribution in [0.1, 0.15) is 18.0 Å². The summed E-state index contributed by atoms with van der Waals surface area (Å²) < 4.78 is 13.2. The second-order valence-electron chi connectivity index (χ2n) is 2.75. The van der Waals surface area contributed by atoms with Crippen molar-refractivity contribution in [2.45, 2.75) is 12.5 Å². The molecule has 5 heteroatoms. The third-order valence-electron chi connectivity index (χ3n) is 1.81. The molecule has 80 valence electrons. The van der Waals surface area contributed by atoms with E-state index >= 15 is 0 Å². The van der Waals surface area contributed by atoms with Crippen LogP contribution >= 0.6 is 24.0 Å². The van der Waals surface area contributed by atoms with E-state index in [1.54, 1.807) is 6.07 Å². The quantitative estimate of drug-likeness (QED) is 0.851. The SMILES string of the molecule is Cl.N[C@@H](CCO)c1c(F)cccc1Cl. The molecule has 3 N–H and O–H groups in total. The van der Waals surface area contributed by atoms with Gasteiger partial charge in [-0.25, -0.2) is 4.39 Å². The van der Waals surface area contributed by atoms with Crippen molar-refractivity contribution in [3.05, 3.63) is 34.6 Å². The highest BCUT2D eigenvalue weighted by molar-refractivity contribution is 6.31. The molecule has 1 aromatic carbocycles. The van der Waals surface area contributed by atoms with E-state index in [1.807, 2.05) is 0 Å². The van der Waals surface area contributed by atoms with E-state index in [-0.39, 0.29) is 24.6 Å². The molecule has 0 fully saturated rings. The largest absolute Gasteiger partial charge is 0.396 e. The van der Waals surface area contributed by atoms with Crippen molar-refractivity contribution in [3.8, 4) is 0 Å². The fourth-order valence-electron chi connectivity index (χ4n) is 1.15. The number of nitrogens with two attached hydrogens (primary N) is 1. The standard InChI is InChI=1S/C9H11ClFNO.ClH/c10-6-2-1-3-7(11)9(6)8(12)4-5-13;/h1-3,8,13H,4-5,12H2;1H/t8-;/m0./s1. The minimum atomic E-state index is -0.543. The van der Waals surface area contributed by atoms with Crippen LogP contribution in [0, 0.1) is 5.82 Å². The molecule has 0 radical (unpaired) electrons. The summed E-state index contributed by atoms with van der Waals surface area (Å²) in [5.74, 6) is -0.423. The van der Waals surface area contributed by atoms with Crippen LogP contribution in [-0.4, -0.2) is 11.7 Å². The van der Waals surface area contributed by atoms with Crippen LogP contribution in [0.5, 0.6) is 0 Å². The average molecular weight is 240 g/mol. The number of rotatable bonds is 3. The van der Waals surface area contributed by atoms with Crippen LogP contribution in [-0.2, 0) is 0 Å². The molecule has 1 atom stereocenters. The van der Waals surface area contributed by atoms with Crippen molar-refractivity contribution >= 4 is 24.0 Å². The van der Waals surface area contributed by atoms with Crippen molar-refractivity contribution in [2.75, 3.05) is 6.61 Å². The molecule has 1 aromatic rings. The van der Waals surface area contributed by atoms with Crippen LogP contribution in [0.3, 0.4) is 0 Å². The van der Waals surface area contributed by atoms with Crippen molar-refractivity contribution in [3.63, 3.8) is 0 Å². The number of hydrogen-bond donors (Lipinski definition) is 2. The average Bonchev–Trinajstić information content (AvgIpc) is 2.04. The molecule has 0 spiro atoms. The zero-order chi connectivity index (χ0) is 9.84. The Labute approximate surface area is 93.3 Å². The first kappa shape index (κ1) is 13.7. The fraction of sp³-hybridized carbons (Fsp3) is 0.333. The third-order valence-corrected chi connectivity index (χ3v) is 2.14. The van der Waals surface area contributed by atoms with Crippen LogP contribution < -0.4 is 5.73 Å². The lowest BCUT2D eigenvalue weighted by atomic mass is 10.0. The number of aliphatic hydroxyl groups excluding tert-OH is 1. The molecule has 0 aromatic heterocycles. The van der Waals surface area contributed by atoms with E-state index in [0.29, 0.717) is 11.4 Å². The Morgan fingerprint density at radius 1 is 1.50 bits per heavy atom. The molecule has 0 saturated carbocycles. The number of benzene rings is 1. The van der Waals surface area contributed by atoms with Gasteiger partial charge in [-0.2, -0.15) is 0 Å². The topological polar surface area (TPSA) is 46.2 Å². The lowest BCUT2D eigenvalue weighted by Gasteiger charge is -2.12. The van der Waals surface area contributed by atoms with Crippen LogP contribution in [0.2, 0.25) is 5.02 Å². The van der Waals surface area contributed by atoms with Gasteiger partial charge >= 0.3 is 0 Å². The highest BCUT2D eigenvalue weighted by atomic mass is 35.5. The Balaban J connectivity index is 0.00000169. The van der Waals surface area contributed by atoms with E-state index in [9.17, 15) is 4.39 Å². The molecule has 0 bridgehead atoms. The molecule has 1 rings (SSSR count). The Kier molecular flexibility index (Phi) is 6.04. The smallest absolute Gasteiger partial charge is 0.129 e. The first-order chi connectivity index (χ1) is 6.16. The maximum atomic E-state index is 13.2. The van der Waals surface area contributed by atoms with Gasteiger partial charge in [-0.15, -0.1) is 12.4 Å². The molecule has 2 nitrogen and oxygen atoms in total. The van der Waals surface area contributed by atoms with Gasteiger partial charge in [0.05, 0.1) is 0 Å². The Hall–Kier alpha value is -0.350.